The lowest BCUT2D eigenvalue weighted by atomic mass is 10.1. The second kappa shape index (κ2) is 8.54. The summed E-state index contributed by atoms with van der Waals surface area (Å²) in [5.74, 6) is -0.328. The van der Waals surface area contributed by atoms with E-state index in [1.54, 1.807) is 18.2 Å². The minimum atomic E-state index is -0.328. The third-order valence-corrected chi connectivity index (χ3v) is 2.99. The Kier molecular flexibility index (Phi) is 6.69. The molecule has 2 heteroatoms. The molecule has 2 nitrogen and oxygen atoms in total. The van der Waals surface area contributed by atoms with Crippen molar-refractivity contribution in [2.24, 2.45) is 0 Å². The van der Waals surface area contributed by atoms with E-state index in [1.165, 1.54) is 18.2 Å². The number of hydrogen-bond acceptors (Lipinski definition) is 2. The maximum absolute atomic E-state index is 11.1. The number of aryl methyl sites for hydroxylation is 1. The van der Waals surface area contributed by atoms with E-state index < -0.39 is 0 Å². The fraction of sp³-hybridized carbons (Fsp3) is 0.105. The van der Waals surface area contributed by atoms with Gasteiger partial charge in [-0.2, -0.15) is 0 Å². The number of rotatable bonds is 3. The van der Waals surface area contributed by atoms with Crippen LogP contribution in [0.25, 0.3) is 12.2 Å². The van der Waals surface area contributed by atoms with E-state index >= 15 is 0 Å². The largest absolute Gasteiger partial charge is 0.465 e. The summed E-state index contributed by atoms with van der Waals surface area (Å²) in [5.41, 5.74) is 3.85. The summed E-state index contributed by atoms with van der Waals surface area (Å²) in [5, 5.41) is 0. The van der Waals surface area contributed by atoms with Crippen LogP contribution in [0.3, 0.4) is 0 Å². The minimum Gasteiger partial charge on any atom is -0.465 e. The number of carbonyl (C=O) groups is 1. The average Bonchev–Trinajstić information content (AvgIpc) is 2.55. The van der Waals surface area contributed by atoms with Crippen molar-refractivity contribution in [3.8, 4) is 0 Å². The Labute approximate surface area is 126 Å². The lowest BCUT2D eigenvalue weighted by Crippen LogP contribution is -2.02. The van der Waals surface area contributed by atoms with Crippen molar-refractivity contribution in [2.45, 2.75) is 6.92 Å². The molecule has 0 aliphatic heterocycles. The first-order valence-corrected chi connectivity index (χ1v) is 6.62. The van der Waals surface area contributed by atoms with Crippen molar-refractivity contribution in [2.75, 3.05) is 7.11 Å². The molecule has 0 saturated carbocycles. The van der Waals surface area contributed by atoms with Gasteiger partial charge in [-0.1, -0.05) is 67.8 Å². The SMILES string of the molecule is C=Cc1ccccc1C.C=Cc1ccccc1C(=O)OC. The zero-order valence-corrected chi connectivity index (χ0v) is 12.5. The van der Waals surface area contributed by atoms with Crippen molar-refractivity contribution in [1.29, 1.82) is 0 Å². The summed E-state index contributed by atoms with van der Waals surface area (Å²) in [6.07, 6.45) is 3.50. The molecule has 0 fully saturated rings. The van der Waals surface area contributed by atoms with Crippen molar-refractivity contribution in [1.82, 2.24) is 0 Å². The molecule has 0 spiro atoms. The van der Waals surface area contributed by atoms with Gasteiger partial charge in [0, 0.05) is 0 Å². The van der Waals surface area contributed by atoms with Gasteiger partial charge in [0.1, 0.15) is 0 Å². The van der Waals surface area contributed by atoms with Gasteiger partial charge in [-0.05, 0) is 29.7 Å². The predicted molar refractivity (Wildman–Crippen MR) is 89.1 cm³/mol. The number of hydrogen-bond donors (Lipinski definition) is 0. The second-order valence-corrected chi connectivity index (χ2v) is 4.34. The van der Waals surface area contributed by atoms with Crippen LogP contribution >= 0.6 is 0 Å². The molecular formula is C19H20O2. The molecule has 108 valence electrons. The molecule has 2 rings (SSSR count). The molecule has 0 aliphatic carbocycles. The van der Waals surface area contributed by atoms with E-state index in [0.717, 1.165) is 5.56 Å². The Hall–Kier alpha value is -2.61. The first-order valence-electron chi connectivity index (χ1n) is 6.62. The van der Waals surface area contributed by atoms with Crippen LogP contribution in [-0.4, -0.2) is 13.1 Å². The Balaban J connectivity index is 0.000000219. The topological polar surface area (TPSA) is 26.3 Å². The van der Waals surface area contributed by atoms with Crippen LogP contribution in [-0.2, 0) is 4.74 Å². The maximum atomic E-state index is 11.1. The molecule has 2 aromatic rings. The van der Waals surface area contributed by atoms with Gasteiger partial charge in [0.05, 0.1) is 12.7 Å². The van der Waals surface area contributed by atoms with Gasteiger partial charge in [0.25, 0.3) is 0 Å². The van der Waals surface area contributed by atoms with Gasteiger partial charge in [-0.15, -0.1) is 0 Å². The number of benzene rings is 2. The molecule has 0 aliphatic rings. The van der Waals surface area contributed by atoms with Gasteiger partial charge in [0.15, 0.2) is 0 Å². The standard InChI is InChI=1S/C10H10O2.C9H10/c1-3-8-6-4-5-7-9(8)10(11)12-2;1-3-9-7-5-4-6-8(9)2/h3-7H,1H2,2H3;3-7H,1H2,2H3. The summed E-state index contributed by atoms with van der Waals surface area (Å²) in [6.45, 7) is 9.37. The van der Waals surface area contributed by atoms with Crippen LogP contribution in [0.15, 0.2) is 61.7 Å². The zero-order valence-electron chi connectivity index (χ0n) is 12.5. The van der Waals surface area contributed by atoms with Gasteiger partial charge >= 0.3 is 5.97 Å². The second-order valence-electron chi connectivity index (χ2n) is 4.34. The van der Waals surface area contributed by atoms with Crippen LogP contribution in [0.1, 0.15) is 27.0 Å². The number of carbonyl (C=O) groups excluding carboxylic acids is 1. The third kappa shape index (κ3) is 4.77. The van der Waals surface area contributed by atoms with Crippen molar-refractivity contribution in [3.05, 3.63) is 83.9 Å². The molecule has 21 heavy (non-hydrogen) atoms. The fourth-order valence-electron chi connectivity index (χ4n) is 1.79. The van der Waals surface area contributed by atoms with Crippen molar-refractivity contribution < 1.29 is 9.53 Å². The lowest BCUT2D eigenvalue weighted by Gasteiger charge is -2.01. The highest BCUT2D eigenvalue weighted by Gasteiger charge is 2.07. The summed E-state index contributed by atoms with van der Waals surface area (Å²) in [6, 6.07) is 15.4. The summed E-state index contributed by atoms with van der Waals surface area (Å²) in [7, 11) is 1.36. The molecule has 0 heterocycles. The van der Waals surface area contributed by atoms with Crippen LogP contribution < -0.4 is 0 Å². The minimum absolute atomic E-state index is 0.328. The lowest BCUT2D eigenvalue weighted by molar-refractivity contribution is 0.0600. The smallest absolute Gasteiger partial charge is 0.338 e. The highest BCUT2D eigenvalue weighted by Crippen LogP contribution is 2.10. The molecule has 0 aromatic heterocycles. The Morgan fingerprint density at radius 1 is 0.952 bits per heavy atom. The Bertz CT molecular complexity index is 627. The van der Waals surface area contributed by atoms with E-state index in [0.29, 0.717) is 5.56 Å². The Morgan fingerprint density at radius 3 is 1.95 bits per heavy atom. The maximum Gasteiger partial charge on any atom is 0.338 e. The molecule has 0 bridgehead atoms. The average molecular weight is 280 g/mol. The number of ether oxygens (including phenoxy) is 1. The van der Waals surface area contributed by atoms with Crippen LogP contribution in [0, 0.1) is 6.92 Å². The highest BCUT2D eigenvalue weighted by atomic mass is 16.5. The molecule has 0 amide bonds. The summed E-state index contributed by atoms with van der Waals surface area (Å²) < 4.78 is 4.59. The van der Waals surface area contributed by atoms with Gasteiger partial charge in [-0.25, -0.2) is 4.79 Å². The first-order chi connectivity index (χ1) is 10.1. The van der Waals surface area contributed by atoms with E-state index in [2.05, 4.69) is 37.0 Å². The van der Waals surface area contributed by atoms with Crippen LogP contribution in [0.4, 0.5) is 0 Å². The van der Waals surface area contributed by atoms with Crippen LogP contribution in [0.5, 0.6) is 0 Å². The first kappa shape index (κ1) is 16.4. The monoisotopic (exact) mass is 280 g/mol. The molecule has 0 saturated heterocycles. The zero-order chi connectivity index (χ0) is 15.7. The fourth-order valence-corrected chi connectivity index (χ4v) is 1.79. The van der Waals surface area contributed by atoms with Crippen molar-refractivity contribution in [3.63, 3.8) is 0 Å². The quantitative estimate of drug-likeness (QED) is 0.758. The normalized spacial score (nSPS) is 9.05. The third-order valence-electron chi connectivity index (χ3n) is 2.99. The number of methoxy groups -OCH3 is 1. The van der Waals surface area contributed by atoms with E-state index in [9.17, 15) is 4.79 Å². The molecule has 0 radical (unpaired) electrons. The van der Waals surface area contributed by atoms with E-state index in [1.807, 2.05) is 30.3 Å². The predicted octanol–water partition coefficient (Wildman–Crippen LogP) is 4.75. The van der Waals surface area contributed by atoms with Crippen LogP contribution in [0.2, 0.25) is 0 Å². The van der Waals surface area contributed by atoms with Gasteiger partial charge < -0.3 is 4.74 Å². The molecule has 0 atom stereocenters. The van der Waals surface area contributed by atoms with Gasteiger partial charge in [-0.3, -0.25) is 0 Å². The van der Waals surface area contributed by atoms with E-state index in [-0.39, 0.29) is 5.97 Å². The molecule has 0 unspecified atom stereocenters. The highest BCUT2D eigenvalue weighted by molar-refractivity contribution is 5.93. The molecular weight excluding hydrogens is 260 g/mol. The summed E-state index contributed by atoms with van der Waals surface area (Å²) >= 11 is 0. The Morgan fingerprint density at radius 2 is 1.48 bits per heavy atom. The molecule has 0 N–H and O–H groups in total. The molecule has 2 aromatic carbocycles. The summed E-state index contributed by atoms with van der Waals surface area (Å²) in [4.78, 5) is 11.1. The van der Waals surface area contributed by atoms with Crippen molar-refractivity contribution >= 4 is 18.1 Å². The van der Waals surface area contributed by atoms with E-state index in [4.69, 9.17) is 0 Å². The van der Waals surface area contributed by atoms with Gasteiger partial charge in [0.2, 0.25) is 0 Å². The number of esters is 1.